The van der Waals surface area contributed by atoms with Crippen molar-refractivity contribution in [1.29, 1.82) is 0 Å². The van der Waals surface area contributed by atoms with Crippen molar-refractivity contribution in [2.75, 3.05) is 33.4 Å². The van der Waals surface area contributed by atoms with Crippen LogP contribution in [0.25, 0.3) is 0 Å². The third-order valence-corrected chi connectivity index (χ3v) is 5.62. The standard InChI is InChI=1S/C23H27NO2/c1-25-23-9-7-19(8-10-23)21-15-20(18-5-3-2-4-6-18)16-22(17-21)24-11-13-26-14-12-24/h2-10,16,20-21H,11-15,17H2,1H3. The molecule has 0 N–H and O–H groups in total. The molecule has 1 aliphatic heterocycles. The van der Waals surface area contributed by atoms with Gasteiger partial charge in [0.1, 0.15) is 5.75 Å². The fourth-order valence-electron chi connectivity index (χ4n) is 4.16. The SMILES string of the molecule is COc1ccc(C2CC(N3CCOCC3)=CC(c3ccccc3)C2)cc1. The summed E-state index contributed by atoms with van der Waals surface area (Å²) in [7, 11) is 1.72. The first-order valence-corrected chi connectivity index (χ1v) is 9.56. The van der Waals surface area contributed by atoms with Crippen LogP contribution >= 0.6 is 0 Å². The molecule has 1 fully saturated rings. The zero-order valence-corrected chi connectivity index (χ0v) is 15.4. The van der Waals surface area contributed by atoms with Gasteiger partial charge in [0.2, 0.25) is 0 Å². The molecule has 0 amide bonds. The van der Waals surface area contributed by atoms with E-state index in [1.807, 2.05) is 0 Å². The molecule has 0 aromatic heterocycles. The molecule has 2 aliphatic rings. The van der Waals surface area contributed by atoms with Crippen LogP contribution in [-0.4, -0.2) is 38.3 Å². The van der Waals surface area contributed by atoms with E-state index in [1.165, 1.54) is 16.8 Å². The molecule has 1 aliphatic carbocycles. The van der Waals surface area contributed by atoms with Gasteiger partial charge in [0, 0.05) is 24.7 Å². The van der Waals surface area contributed by atoms with E-state index in [1.54, 1.807) is 7.11 Å². The van der Waals surface area contributed by atoms with Crippen LogP contribution in [0.15, 0.2) is 66.4 Å². The van der Waals surface area contributed by atoms with Crippen molar-refractivity contribution in [3.63, 3.8) is 0 Å². The fourth-order valence-corrected chi connectivity index (χ4v) is 4.16. The van der Waals surface area contributed by atoms with Crippen LogP contribution in [0.3, 0.4) is 0 Å². The van der Waals surface area contributed by atoms with E-state index in [0.717, 1.165) is 44.9 Å². The minimum absolute atomic E-state index is 0.467. The average Bonchev–Trinajstić information content (AvgIpc) is 2.75. The Balaban J connectivity index is 1.62. The second-order valence-electron chi connectivity index (χ2n) is 7.18. The normalized spacial score (nSPS) is 23.4. The van der Waals surface area contributed by atoms with Crippen molar-refractivity contribution in [2.45, 2.75) is 24.7 Å². The summed E-state index contributed by atoms with van der Waals surface area (Å²) in [6, 6.07) is 19.5. The Labute approximate surface area is 156 Å². The Bertz CT molecular complexity index is 733. The van der Waals surface area contributed by atoms with Gasteiger partial charge in [-0.3, -0.25) is 0 Å². The molecule has 3 heteroatoms. The highest BCUT2D eigenvalue weighted by molar-refractivity contribution is 5.34. The molecule has 0 bridgehead atoms. The van der Waals surface area contributed by atoms with Crippen molar-refractivity contribution >= 4 is 0 Å². The third kappa shape index (κ3) is 3.78. The second kappa shape index (κ2) is 7.96. The summed E-state index contributed by atoms with van der Waals surface area (Å²) in [5, 5.41) is 0. The van der Waals surface area contributed by atoms with E-state index in [2.05, 4.69) is 65.6 Å². The zero-order chi connectivity index (χ0) is 17.8. The summed E-state index contributed by atoms with van der Waals surface area (Å²) >= 11 is 0. The molecule has 1 heterocycles. The Hall–Kier alpha value is -2.26. The van der Waals surface area contributed by atoms with Gasteiger partial charge in [0.25, 0.3) is 0 Å². The van der Waals surface area contributed by atoms with Crippen LogP contribution in [0.5, 0.6) is 5.75 Å². The van der Waals surface area contributed by atoms with Gasteiger partial charge in [-0.15, -0.1) is 0 Å². The van der Waals surface area contributed by atoms with Gasteiger partial charge in [-0.1, -0.05) is 48.5 Å². The first kappa shape index (κ1) is 17.2. The van der Waals surface area contributed by atoms with Crippen LogP contribution in [0.1, 0.15) is 35.8 Å². The lowest BCUT2D eigenvalue weighted by Gasteiger charge is -2.37. The molecule has 0 spiro atoms. The summed E-state index contributed by atoms with van der Waals surface area (Å²) in [6.45, 7) is 3.67. The van der Waals surface area contributed by atoms with Crippen molar-refractivity contribution in [2.24, 2.45) is 0 Å². The van der Waals surface area contributed by atoms with Gasteiger partial charge < -0.3 is 14.4 Å². The number of benzene rings is 2. The molecule has 2 atom stereocenters. The molecule has 1 saturated heterocycles. The quantitative estimate of drug-likeness (QED) is 0.807. The Morgan fingerprint density at radius 1 is 0.923 bits per heavy atom. The number of allylic oxidation sites excluding steroid dienone is 2. The highest BCUT2D eigenvalue weighted by Crippen LogP contribution is 2.41. The van der Waals surface area contributed by atoms with Gasteiger partial charge in [-0.25, -0.2) is 0 Å². The highest BCUT2D eigenvalue weighted by atomic mass is 16.5. The largest absolute Gasteiger partial charge is 0.497 e. The van der Waals surface area contributed by atoms with E-state index >= 15 is 0 Å². The van der Waals surface area contributed by atoms with Crippen LogP contribution < -0.4 is 4.74 Å². The van der Waals surface area contributed by atoms with E-state index in [4.69, 9.17) is 9.47 Å². The fraction of sp³-hybridized carbons (Fsp3) is 0.391. The topological polar surface area (TPSA) is 21.7 Å². The lowest BCUT2D eigenvalue weighted by atomic mass is 9.77. The molecule has 2 unspecified atom stereocenters. The number of morpholine rings is 1. The summed E-state index contributed by atoms with van der Waals surface area (Å²) in [5.41, 5.74) is 4.30. The lowest BCUT2D eigenvalue weighted by molar-refractivity contribution is 0.0505. The smallest absolute Gasteiger partial charge is 0.118 e. The Morgan fingerprint density at radius 3 is 2.35 bits per heavy atom. The molecule has 3 nitrogen and oxygen atoms in total. The zero-order valence-electron chi connectivity index (χ0n) is 15.4. The molecular weight excluding hydrogens is 322 g/mol. The molecule has 0 radical (unpaired) electrons. The van der Waals surface area contributed by atoms with Crippen LogP contribution in [0, 0.1) is 0 Å². The summed E-state index contributed by atoms with van der Waals surface area (Å²) in [4.78, 5) is 2.52. The average molecular weight is 349 g/mol. The van der Waals surface area contributed by atoms with Gasteiger partial charge in [-0.2, -0.15) is 0 Å². The van der Waals surface area contributed by atoms with Gasteiger partial charge in [0.05, 0.1) is 20.3 Å². The van der Waals surface area contributed by atoms with Crippen molar-refractivity contribution in [3.05, 3.63) is 77.5 Å². The maximum Gasteiger partial charge on any atom is 0.118 e. The lowest BCUT2D eigenvalue weighted by Crippen LogP contribution is -2.37. The Kier molecular flexibility index (Phi) is 5.26. The summed E-state index contributed by atoms with van der Waals surface area (Å²) < 4.78 is 10.9. The maximum atomic E-state index is 5.56. The molecule has 0 saturated carbocycles. The molecule has 2 aromatic carbocycles. The monoisotopic (exact) mass is 349 g/mol. The molecule has 26 heavy (non-hydrogen) atoms. The van der Waals surface area contributed by atoms with E-state index in [-0.39, 0.29) is 0 Å². The number of ether oxygens (including phenoxy) is 2. The number of nitrogens with zero attached hydrogens (tertiary/aromatic N) is 1. The van der Waals surface area contributed by atoms with Gasteiger partial charge >= 0.3 is 0 Å². The minimum atomic E-state index is 0.467. The number of hydrogen-bond acceptors (Lipinski definition) is 3. The third-order valence-electron chi connectivity index (χ3n) is 5.62. The van der Waals surface area contributed by atoms with E-state index < -0.39 is 0 Å². The first-order valence-electron chi connectivity index (χ1n) is 9.56. The van der Waals surface area contributed by atoms with Crippen molar-refractivity contribution in [1.82, 2.24) is 4.90 Å². The summed E-state index contributed by atoms with van der Waals surface area (Å²) in [5.74, 6) is 1.93. The second-order valence-corrected chi connectivity index (χ2v) is 7.18. The predicted octanol–water partition coefficient (Wildman–Crippen LogP) is 4.57. The summed E-state index contributed by atoms with van der Waals surface area (Å²) in [6.07, 6.45) is 4.76. The van der Waals surface area contributed by atoms with Crippen LogP contribution in [0.2, 0.25) is 0 Å². The number of rotatable bonds is 4. The molecule has 4 rings (SSSR count). The van der Waals surface area contributed by atoms with Crippen molar-refractivity contribution < 1.29 is 9.47 Å². The van der Waals surface area contributed by atoms with Crippen molar-refractivity contribution in [3.8, 4) is 5.75 Å². The predicted molar refractivity (Wildman–Crippen MR) is 105 cm³/mol. The maximum absolute atomic E-state index is 5.56. The molecule has 2 aromatic rings. The first-order chi connectivity index (χ1) is 12.8. The number of hydrogen-bond donors (Lipinski definition) is 0. The molecular formula is C23H27NO2. The van der Waals surface area contributed by atoms with E-state index in [0.29, 0.717) is 11.8 Å². The van der Waals surface area contributed by atoms with Gasteiger partial charge in [0.15, 0.2) is 0 Å². The Morgan fingerprint density at radius 2 is 1.65 bits per heavy atom. The number of methoxy groups -OCH3 is 1. The van der Waals surface area contributed by atoms with Gasteiger partial charge in [-0.05, 0) is 42.0 Å². The van der Waals surface area contributed by atoms with Crippen LogP contribution in [-0.2, 0) is 4.74 Å². The minimum Gasteiger partial charge on any atom is -0.497 e. The van der Waals surface area contributed by atoms with Crippen LogP contribution in [0.4, 0.5) is 0 Å². The van der Waals surface area contributed by atoms with E-state index in [9.17, 15) is 0 Å². The molecule has 136 valence electrons. The highest BCUT2D eigenvalue weighted by Gasteiger charge is 2.28.